The lowest BCUT2D eigenvalue weighted by Gasteiger charge is -2.07. The molecule has 1 aromatic carbocycles. The van der Waals surface area contributed by atoms with Gasteiger partial charge in [-0.05, 0) is 19.1 Å². The molecule has 1 atom stereocenters. The van der Waals surface area contributed by atoms with Crippen molar-refractivity contribution in [3.05, 3.63) is 38.9 Å². The second kappa shape index (κ2) is 5.60. The lowest BCUT2D eigenvalue weighted by molar-refractivity contribution is -0.384. The Labute approximate surface area is 102 Å². The van der Waals surface area contributed by atoms with E-state index in [-0.39, 0.29) is 22.8 Å². The molecule has 0 aromatic heterocycles. The molecular weight excluding hydrogens is 248 g/mol. The SMILES string of the molecule is CC(O)CNC(=O)c1ccc(Cl)c([N+](=O)[O-])c1. The Morgan fingerprint density at radius 2 is 2.29 bits per heavy atom. The number of carbonyl (C=O) groups excluding carboxylic acids is 1. The van der Waals surface area contributed by atoms with Crippen LogP contribution in [0.2, 0.25) is 5.02 Å². The largest absolute Gasteiger partial charge is 0.392 e. The van der Waals surface area contributed by atoms with Crippen LogP contribution in [0.5, 0.6) is 0 Å². The van der Waals surface area contributed by atoms with Crippen LogP contribution in [0.1, 0.15) is 17.3 Å². The maximum absolute atomic E-state index is 11.5. The van der Waals surface area contributed by atoms with E-state index in [4.69, 9.17) is 16.7 Å². The fourth-order valence-corrected chi connectivity index (χ4v) is 1.32. The number of benzene rings is 1. The van der Waals surface area contributed by atoms with Gasteiger partial charge in [0.25, 0.3) is 11.6 Å². The average Bonchev–Trinajstić information content (AvgIpc) is 2.26. The normalized spacial score (nSPS) is 11.9. The molecule has 0 radical (unpaired) electrons. The van der Waals surface area contributed by atoms with Crippen LogP contribution >= 0.6 is 11.6 Å². The monoisotopic (exact) mass is 258 g/mol. The summed E-state index contributed by atoms with van der Waals surface area (Å²) in [5.41, 5.74) is -0.196. The molecule has 6 nitrogen and oxygen atoms in total. The second-order valence-corrected chi connectivity index (χ2v) is 3.89. The molecular formula is C10H11ClN2O4. The first-order valence-electron chi connectivity index (χ1n) is 4.82. The fourth-order valence-electron chi connectivity index (χ4n) is 1.14. The molecule has 0 aliphatic heterocycles. The number of hydrogen-bond donors (Lipinski definition) is 2. The summed E-state index contributed by atoms with van der Waals surface area (Å²) in [6, 6.07) is 3.77. The number of hydrogen-bond acceptors (Lipinski definition) is 4. The van der Waals surface area contributed by atoms with Crippen molar-refractivity contribution in [2.45, 2.75) is 13.0 Å². The molecule has 0 aliphatic carbocycles. The number of rotatable bonds is 4. The van der Waals surface area contributed by atoms with E-state index in [0.29, 0.717) is 0 Å². The van der Waals surface area contributed by atoms with Crippen molar-refractivity contribution in [2.24, 2.45) is 0 Å². The lowest BCUT2D eigenvalue weighted by Crippen LogP contribution is -2.30. The first-order chi connectivity index (χ1) is 7.91. The Balaban J connectivity index is 2.88. The first-order valence-corrected chi connectivity index (χ1v) is 5.20. The average molecular weight is 259 g/mol. The highest BCUT2D eigenvalue weighted by Gasteiger charge is 2.16. The van der Waals surface area contributed by atoms with Crippen LogP contribution < -0.4 is 5.32 Å². The van der Waals surface area contributed by atoms with Crippen molar-refractivity contribution in [1.29, 1.82) is 0 Å². The third-order valence-corrected chi connectivity index (χ3v) is 2.28. The maximum atomic E-state index is 11.5. The predicted molar refractivity (Wildman–Crippen MR) is 62.1 cm³/mol. The Kier molecular flexibility index (Phi) is 4.42. The Bertz CT molecular complexity index is 448. The number of nitro benzene ring substituents is 1. The second-order valence-electron chi connectivity index (χ2n) is 3.48. The molecule has 1 amide bonds. The molecule has 7 heteroatoms. The number of carbonyl (C=O) groups is 1. The van der Waals surface area contributed by atoms with Crippen molar-refractivity contribution >= 4 is 23.2 Å². The van der Waals surface area contributed by atoms with E-state index in [9.17, 15) is 14.9 Å². The third-order valence-electron chi connectivity index (χ3n) is 1.96. The Morgan fingerprint density at radius 3 is 2.82 bits per heavy atom. The van der Waals surface area contributed by atoms with Crippen molar-refractivity contribution < 1.29 is 14.8 Å². The van der Waals surface area contributed by atoms with Gasteiger partial charge in [-0.3, -0.25) is 14.9 Å². The van der Waals surface area contributed by atoms with Gasteiger partial charge in [0.2, 0.25) is 0 Å². The zero-order valence-electron chi connectivity index (χ0n) is 9.01. The van der Waals surface area contributed by atoms with E-state index in [1.807, 2.05) is 0 Å². The van der Waals surface area contributed by atoms with Crippen LogP contribution in [-0.2, 0) is 0 Å². The standard InChI is InChI=1S/C10H11ClN2O4/c1-6(14)5-12-10(15)7-2-3-8(11)9(4-7)13(16)17/h2-4,6,14H,5H2,1H3,(H,12,15). The van der Waals surface area contributed by atoms with Crippen LogP contribution in [0.15, 0.2) is 18.2 Å². The number of halogens is 1. The molecule has 1 unspecified atom stereocenters. The number of nitro groups is 1. The van der Waals surface area contributed by atoms with Crippen molar-refractivity contribution in [3.63, 3.8) is 0 Å². The van der Waals surface area contributed by atoms with Crippen molar-refractivity contribution in [1.82, 2.24) is 5.32 Å². The minimum absolute atomic E-state index is 0.0259. The van der Waals surface area contributed by atoms with Crippen LogP contribution in [0.3, 0.4) is 0 Å². The van der Waals surface area contributed by atoms with E-state index in [0.717, 1.165) is 6.07 Å². The van der Waals surface area contributed by atoms with Crippen LogP contribution in [0.25, 0.3) is 0 Å². The van der Waals surface area contributed by atoms with E-state index >= 15 is 0 Å². The maximum Gasteiger partial charge on any atom is 0.288 e. The minimum Gasteiger partial charge on any atom is -0.392 e. The summed E-state index contributed by atoms with van der Waals surface area (Å²) >= 11 is 5.61. The summed E-state index contributed by atoms with van der Waals surface area (Å²) in [5.74, 6) is -0.495. The van der Waals surface area contributed by atoms with Gasteiger partial charge in [-0.1, -0.05) is 11.6 Å². The van der Waals surface area contributed by atoms with Gasteiger partial charge < -0.3 is 10.4 Å². The zero-order valence-corrected chi connectivity index (χ0v) is 9.77. The highest BCUT2D eigenvalue weighted by atomic mass is 35.5. The van der Waals surface area contributed by atoms with Crippen LogP contribution in [0.4, 0.5) is 5.69 Å². The molecule has 0 fully saturated rings. The van der Waals surface area contributed by atoms with Crippen molar-refractivity contribution in [3.8, 4) is 0 Å². The summed E-state index contributed by atoms with van der Waals surface area (Å²) in [5, 5.41) is 22.0. The van der Waals surface area contributed by atoms with E-state index < -0.39 is 16.9 Å². The highest BCUT2D eigenvalue weighted by Crippen LogP contribution is 2.24. The zero-order chi connectivity index (χ0) is 13.0. The minimum atomic E-state index is -0.679. The third kappa shape index (κ3) is 3.69. The van der Waals surface area contributed by atoms with Gasteiger partial charge in [0.05, 0.1) is 11.0 Å². The molecule has 17 heavy (non-hydrogen) atoms. The van der Waals surface area contributed by atoms with Gasteiger partial charge in [0.15, 0.2) is 0 Å². The smallest absolute Gasteiger partial charge is 0.288 e. The Morgan fingerprint density at radius 1 is 1.65 bits per heavy atom. The number of nitrogens with one attached hydrogen (secondary N) is 1. The van der Waals surface area contributed by atoms with Gasteiger partial charge in [0, 0.05) is 18.2 Å². The van der Waals surface area contributed by atoms with Gasteiger partial charge in [-0.25, -0.2) is 0 Å². The van der Waals surface area contributed by atoms with Gasteiger partial charge in [0.1, 0.15) is 5.02 Å². The van der Waals surface area contributed by atoms with Crippen LogP contribution in [0, 0.1) is 10.1 Å². The molecule has 1 rings (SSSR count). The Hall–Kier alpha value is -1.66. The summed E-state index contributed by atoms with van der Waals surface area (Å²) < 4.78 is 0. The highest BCUT2D eigenvalue weighted by molar-refractivity contribution is 6.32. The molecule has 0 heterocycles. The topological polar surface area (TPSA) is 92.5 Å². The molecule has 0 saturated carbocycles. The van der Waals surface area contributed by atoms with Gasteiger partial charge >= 0.3 is 0 Å². The summed E-state index contributed by atoms with van der Waals surface area (Å²) in [4.78, 5) is 21.5. The van der Waals surface area contributed by atoms with E-state index in [1.54, 1.807) is 0 Å². The van der Waals surface area contributed by atoms with Crippen molar-refractivity contribution in [2.75, 3.05) is 6.54 Å². The summed E-state index contributed by atoms with van der Waals surface area (Å²) in [6.07, 6.45) is -0.679. The number of amides is 1. The van der Waals surface area contributed by atoms with E-state index in [1.165, 1.54) is 19.1 Å². The quantitative estimate of drug-likeness (QED) is 0.630. The fraction of sp³-hybridized carbons (Fsp3) is 0.300. The number of nitrogens with zero attached hydrogens (tertiary/aromatic N) is 1. The molecule has 92 valence electrons. The predicted octanol–water partition coefficient (Wildman–Crippen LogP) is 1.36. The lowest BCUT2D eigenvalue weighted by atomic mass is 10.2. The molecule has 2 N–H and O–H groups in total. The van der Waals surface area contributed by atoms with E-state index in [2.05, 4.69) is 5.32 Å². The molecule has 0 bridgehead atoms. The van der Waals surface area contributed by atoms with Gasteiger partial charge in [-0.2, -0.15) is 0 Å². The molecule has 1 aromatic rings. The molecule has 0 aliphatic rings. The summed E-state index contributed by atoms with van der Waals surface area (Å²) in [6.45, 7) is 1.60. The molecule has 0 spiro atoms. The molecule has 0 saturated heterocycles. The number of aliphatic hydroxyl groups is 1. The number of aliphatic hydroxyl groups excluding tert-OH is 1. The summed E-state index contributed by atoms with van der Waals surface area (Å²) in [7, 11) is 0. The van der Waals surface area contributed by atoms with Gasteiger partial charge in [-0.15, -0.1) is 0 Å². The van der Waals surface area contributed by atoms with Crippen LogP contribution in [-0.4, -0.2) is 28.6 Å². The first kappa shape index (κ1) is 13.4.